The monoisotopic (exact) mass is 551 g/mol. The zero-order valence-electron chi connectivity index (χ0n) is 21.2. The molecule has 3 aromatic carbocycles. The number of urea groups is 1. The molecule has 3 N–H and O–H groups in total. The Balaban J connectivity index is 1.36. The molecule has 11 nitrogen and oxygen atoms in total. The molecule has 12 heteroatoms. The predicted molar refractivity (Wildman–Crippen MR) is 148 cm³/mol. The van der Waals surface area contributed by atoms with Gasteiger partial charge in [-0.3, -0.25) is 0 Å². The van der Waals surface area contributed by atoms with Gasteiger partial charge in [0.05, 0.1) is 35.3 Å². The third-order valence-electron chi connectivity index (χ3n) is 5.73. The number of aromatic nitrogens is 2. The van der Waals surface area contributed by atoms with Crippen LogP contribution >= 0.6 is 11.6 Å². The van der Waals surface area contributed by atoms with Crippen molar-refractivity contribution in [3.63, 3.8) is 0 Å². The summed E-state index contributed by atoms with van der Waals surface area (Å²) in [6, 6.07) is 13.5. The molecule has 1 aliphatic rings. The minimum absolute atomic E-state index is 0.328. The van der Waals surface area contributed by atoms with Crippen LogP contribution in [0.15, 0.2) is 54.9 Å². The number of nitrogens with one attached hydrogen (secondary N) is 3. The quantitative estimate of drug-likeness (QED) is 0.232. The van der Waals surface area contributed by atoms with Crippen molar-refractivity contribution in [1.29, 1.82) is 0 Å². The van der Waals surface area contributed by atoms with Gasteiger partial charge in [0.25, 0.3) is 0 Å². The Morgan fingerprint density at radius 2 is 1.82 bits per heavy atom. The minimum Gasteiger partial charge on any atom is -0.497 e. The van der Waals surface area contributed by atoms with E-state index in [0.717, 1.165) is 0 Å². The number of hydrogen-bond acceptors (Lipinski definition) is 9. The summed E-state index contributed by atoms with van der Waals surface area (Å²) < 4.78 is 28.0. The van der Waals surface area contributed by atoms with Crippen molar-refractivity contribution in [2.75, 3.05) is 56.6 Å². The van der Waals surface area contributed by atoms with Gasteiger partial charge in [-0.15, -0.1) is 0 Å². The van der Waals surface area contributed by atoms with Gasteiger partial charge in [-0.2, -0.15) is 0 Å². The Bertz CT molecular complexity index is 1500. The Morgan fingerprint density at radius 1 is 0.974 bits per heavy atom. The van der Waals surface area contributed by atoms with E-state index in [4.69, 9.17) is 35.3 Å². The lowest BCUT2D eigenvalue weighted by Gasteiger charge is -2.23. The average molecular weight is 552 g/mol. The van der Waals surface area contributed by atoms with Gasteiger partial charge in [0.1, 0.15) is 37.7 Å². The van der Waals surface area contributed by atoms with Gasteiger partial charge < -0.3 is 39.6 Å². The van der Waals surface area contributed by atoms with Gasteiger partial charge in [-0.05, 0) is 30.3 Å². The number of benzene rings is 3. The predicted octanol–water partition coefficient (Wildman–Crippen LogP) is 5.48. The van der Waals surface area contributed by atoms with E-state index in [1.54, 1.807) is 62.8 Å². The van der Waals surface area contributed by atoms with Crippen molar-refractivity contribution in [1.82, 2.24) is 9.97 Å². The molecule has 2 heterocycles. The summed E-state index contributed by atoms with van der Waals surface area (Å²) in [4.78, 5) is 21.3. The maximum atomic E-state index is 12.5. The van der Waals surface area contributed by atoms with E-state index in [0.29, 0.717) is 88.2 Å². The average Bonchev–Trinajstić information content (AvgIpc) is 2.95. The molecule has 5 rings (SSSR count). The molecule has 2 amide bonds. The van der Waals surface area contributed by atoms with Crippen molar-refractivity contribution in [3.8, 4) is 23.0 Å². The summed E-state index contributed by atoms with van der Waals surface area (Å²) in [6.07, 6.45) is 1.44. The van der Waals surface area contributed by atoms with E-state index < -0.39 is 6.03 Å². The van der Waals surface area contributed by atoms with Gasteiger partial charge in [-0.25, -0.2) is 14.8 Å². The first-order valence-electron chi connectivity index (χ1n) is 12.0. The molecule has 0 bridgehead atoms. The number of hydrogen-bond donors (Lipinski definition) is 3. The first-order chi connectivity index (χ1) is 19.1. The number of halogens is 1. The maximum Gasteiger partial charge on any atom is 0.323 e. The molecular formula is C27H26ClN5O6. The standard InChI is InChI=1S/C27H26ClN5O6/c1-35-8-9-37-22-14-21-23(25-24(22)38-10-11-39-25)26(30-15-29-21)31-17-6-7-20(19(28)13-17)33-27(34)32-16-4-3-5-18(12-16)36-2/h3-7,12-15H,8-11H2,1-2H3,(H,29,30,31)(H2,32,33,34). The number of nitrogens with zero attached hydrogens (tertiary/aromatic N) is 2. The summed E-state index contributed by atoms with van der Waals surface area (Å²) in [5, 5.41) is 9.74. The summed E-state index contributed by atoms with van der Waals surface area (Å²) >= 11 is 6.50. The van der Waals surface area contributed by atoms with Gasteiger partial charge in [0, 0.05) is 30.6 Å². The minimum atomic E-state index is -0.444. The van der Waals surface area contributed by atoms with Crippen LogP contribution in [0.3, 0.4) is 0 Å². The van der Waals surface area contributed by atoms with Crippen LogP contribution in [0, 0.1) is 0 Å². The maximum absolute atomic E-state index is 12.5. The van der Waals surface area contributed by atoms with E-state index in [-0.39, 0.29) is 0 Å². The van der Waals surface area contributed by atoms with Crippen LogP contribution in [0.2, 0.25) is 5.02 Å². The van der Waals surface area contributed by atoms with Crippen molar-refractivity contribution in [2.24, 2.45) is 0 Å². The SMILES string of the molecule is COCCOc1cc2ncnc(Nc3ccc(NC(=O)Nc4cccc(OC)c4)c(Cl)c3)c2c2c1OCCO2. The molecule has 0 unspecified atom stereocenters. The zero-order chi connectivity index (χ0) is 27.2. The highest BCUT2D eigenvalue weighted by Gasteiger charge is 2.24. The number of methoxy groups -OCH3 is 2. The second-order valence-electron chi connectivity index (χ2n) is 8.32. The topological polar surface area (TPSA) is 125 Å². The first-order valence-corrected chi connectivity index (χ1v) is 12.4. The van der Waals surface area contributed by atoms with Gasteiger partial charge in [-0.1, -0.05) is 17.7 Å². The largest absolute Gasteiger partial charge is 0.497 e. The molecule has 39 heavy (non-hydrogen) atoms. The Kier molecular flexibility index (Phi) is 7.99. The smallest absolute Gasteiger partial charge is 0.323 e. The number of amides is 2. The fraction of sp³-hybridized carbons (Fsp3) is 0.222. The Morgan fingerprint density at radius 3 is 2.62 bits per heavy atom. The fourth-order valence-corrected chi connectivity index (χ4v) is 4.19. The highest BCUT2D eigenvalue weighted by Crippen LogP contribution is 2.47. The summed E-state index contributed by atoms with van der Waals surface area (Å²) in [7, 11) is 3.17. The Hall–Kier alpha value is -4.48. The van der Waals surface area contributed by atoms with Crippen LogP contribution in [0.25, 0.3) is 10.9 Å². The number of carbonyl (C=O) groups excluding carboxylic acids is 1. The number of rotatable bonds is 9. The third kappa shape index (κ3) is 6.00. The normalized spacial score (nSPS) is 12.1. The van der Waals surface area contributed by atoms with E-state index in [9.17, 15) is 4.79 Å². The molecule has 4 aromatic rings. The summed E-state index contributed by atoms with van der Waals surface area (Å²) in [5.74, 6) is 2.63. The third-order valence-corrected chi connectivity index (χ3v) is 6.04. The van der Waals surface area contributed by atoms with Gasteiger partial charge >= 0.3 is 6.03 Å². The summed E-state index contributed by atoms with van der Waals surface area (Å²) in [5.41, 5.74) is 2.27. The first kappa shape index (κ1) is 26.1. The van der Waals surface area contributed by atoms with Crippen LogP contribution in [0.1, 0.15) is 0 Å². The Labute approximate surface area is 229 Å². The van der Waals surface area contributed by atoms with E-state index in [2.05, 4.69) is 25.9 Å². The van der Waals surface area contributed by atoms with Crippen LogP contribution in [-0.4, -0.2) is 56.6 Å². The molecule has 0 radical (unpaired) electrons. The number of ether oxygens (including phenoxy) is 5. The molecule has 0 atom stereocenters. The summed E-state index contributed by atoms with van der Waals surface area (Å²) in [6.45, 7) is 1.55. The second kappa shape index (κ2) is 11.9. The number of anilines is 4. The molecular weight excluding hydrogens is 526 g/mol. The zero-order valence-corrected chi connectivity index (χ0v) is 22.0. The molecule has 1 aromatic heterocycles. The molecule has 0 saturated heterocycles. The van der Waals surface area contributed by atoms with Crippen molar-refractivity contribution < 1.29 is 28.5 Å². The van der Waals surface area contributed by atoms with Crippen molar-refractivity contribution in [3.05, 3.63) is 59.9 Å². The van der Waals surface area contributed by atoms with Gasteiger partial charge in [0.2, 0.25) is 5.75 Å². The molecule has 0 saturated carbocycles. The highest BCUT2D eigenvalue weighted by atomic mass is 35.5. The fourth-order valence-electron chi connectivity index (χ4n) is 3.96. The van der Waals surface area contributed by atoms with Crippen molar-refractivity contribution >= 4 is 51.4 Å². The highest BCUT2D eigenvalue weighted by molar-refractivity contribution is 6.34. The van der Waals surface area contributed by atoms with Crippen LogP contribution in [0.4, 0.5) is 27.7 Å². The molecule has 202 valence electrons. The van der Waals surface area contributed by atoms with Crippen LogP contribution in [-0.2, 0) is 4.74 Å². The van der Waals surface area contributed by atoms with E-state index in [1.807, 2.05) is 0 Å². The van der Waals surface area contributed by atoms with E-state index in [1.165, 1.54) is 6.33 Å². The number of fused-ring (bicyclic) bond motifs is 3. The lowest BCUT2D eigenvalue weighted by molar-refractivity contribution is 0.134. The van der Waals surface area contributed by atoms with Gasteiger partial charge in [0.15, 0.2) is 11.5 Å². The molecule has 0 aliphatic carbocycles. The van der Waals surface area contributed by atoms with Crippen LogP contribution in [0.5, 0.6) is 23.0 Å². The molecule has 1 aliphatic heterocycles. The lowest BCUT2D eigenvalue weighted by atomic mass is 10.1. The van der Waals surface area contributed by atoms with E-state index >= 15 is 0 Å². The molecule has 0 spiro atoms. The van der Waals surface area contributed by atoms with Crippen LogP contribution < -0.4 is 34.9 Å². The van der Waals surface area contributed by atoms with Crippen molar-refractivity contribution in [2.45, 2.75) is 0 Å². The number of carbonyl (C=O) groups is 1. The second-order valence-corrected chi connectivity index (χ2v) is 8.73. The lowest BCUT2D eigenvalue weighted by Crippen LogP contribution is -2.19. The molecule has 0 fully saturated rings.